The third-order valence-corrected chi connectivity index (χ3v) is 7.10. The van der Waals surface area contributed by atoms with Gasteiger partial charge in [0.25, 0.3) is 0 Å². The first-order chi connectivity index (χ1) is 14.9. The Balaban J connectivity index is 1.50. The van der Waals surface area contributed by atoms with Crippen LogP contribution in [0.4, 0.5) is 0 Å². The van der Waals surface area contributed by atoms with E-state index in [9.17, 15) is 0 Å². The van der Waals surface area contributed by atoms with Crippen molar-refractivity contribution in [2.24, 2.45) is 0 Å². The SMILES string of the molecule is c1ccc2c(c1)c1ccccc1n2C1CCC1n1c2ccccc2c2ccccc21. The third kappa shape index (κ3) is 2.03. The Kier molecular flexibility index (Phi) is 3.25. The van der Waals surface area contributed by atoms with Gasteiger partial charge in [0.2, 0.25) is 0 Å². The molecule has 0 radical (unpaired) electrons. The van der Waals surface area contributed by atoms with Crippen LogP contribution in [0.5, 0.6) is 0 Å². The molecule has 2 atom stereocenters. The Morgan fingerprint density at radius 3 is 0.933 bits per heavy atom. The number of aromatic nitrogens is 2. The van der Waals surface area contributed by atoms with Crippen molar-refractivity contribution in [3.63, 3.8) is 0 Å². The lowest BCUT2D eigenvalue weighted by atomic mass is 9.85. The van der Waals surface area contributed by atoms with Crippen molar-refractivity contribution in [3.05, 3.63) is 97.1 Å². The fraction of sp³-hybridized carbons (Fsp3) is 0.143. The van der Waals surface area contributed by atoms with Gasteiger partial charge in [0.1, 0.15) is 0 Å². The second kappa shape index (κ2) is 5.99. The zero-order valence-corrected chi connectivity index (χ0v) is 16.7. The predicted octanol–water partition coefficient (Wildman–Crippen LogP) is 7.48. The molecule has 2 heteroatoms. The van der Waals surface area contributed by atoms with Crippen LogP contribution in [0.1, 0.15) is 24.9 Å². The maximum atomic E-state index is 2.61. The summed E-state index contributed by atoms with van der Waals surface area (Å²) in [6, 6.07) is 36.5. The van der Waals surface area contributed by atoms with E-state index >= 15 is 0 Å². The summed E-state index contributed by atoms with van der Waals surface area (Å²) in [6.07, 6.45) is 2.43. The van der Waals surface area contributed by atoms with Crippen molar-refractivity contribution >= 4 is 43.6 Å². The van der Waals surface area contributed by atoms with Crippen molar-refractivity contribution in [1.29, 1.82) is 0 Å². The zero-order valence-electron chi connectivity index (χ0n) is 16.7. The molecule has 0 bridgehead atoms. The summed E-state index contributed by atoms with van der Waals surface area (Å²) >= 11 is 0. The summed E-state index contributed by atoms with van der Waals surface area (Å²) in [7, 11) is 0. The Morgan fingerprint density at radius 1 is 0.400 bits per heavy atom. The minimum atomic E-state index is 0.467. The molecule has 1 aliphatic rings. The summed E-state index contributed by atoms with van der Waals surface area (Å²) in [5.41, 5.74) is 5.42. The Labute approximate surface area is 175 Å². The second-order valence-corrected chi connectivity index (χ2v) is 8.52. The van der Waals surface area contributed by atoms with Gasteiger partial charge in [-0.05, 0) is 37.1 Å². The van der Waals surface area contributed by atoms with Crippen molar-refractivity contribution in [1.82, 2.24) is 9.13 Å². The molecule has 2 unspecified atom stereocenters. The summed E-state index contributed by atoms with van der Waals surface area (Å²) in [5, 5.41) is 5.45. The van der Waals surface area contributed by atoms with Gasteiger partial charge in [-0.2, -0.15) is 0 Å². The number of benzene rings is 4. The summed E-state index contributed by atoms with van der Waals surface area (Å²) < 4.78 is 5.23. The summed E-state index contributed by atoms with van der Waals surface area (Å²) in [4.78, 5) is 0. The highest BCUT2D eigenvalue weighted by atomic mass is 15.1. The van der Waals surface area contributed by atoms with Gasteiger partial charge in [0.15, 0.2) is 0 Å². The molecule has 7 rings (SSSR count). The molecule has 144 valence electrons. The minimum absolute atomic E-state index is 0.467. The van der Waals surface area contributed by atoms with Crippen molar-refractivity contribution in [2.45, 2.75) is 24.9 Å². The lowest BCUT2D eigenvalue weighted by Crippen LogP contribution is -2.31. The van der Waals surface area contributed by atoms with Gasteiger partial charge in [0.05, 0.1) is 12.1 Å². The molecule has 1 aliphatic carbocycles. The first-order valence-electron chi connectivity index (χ1n) is 10.9. The van der Waals surface area contributed by atoms with Gasteiger partial charge >= 0.3 is 0 Å². The number of hydrogen-bond acceptors (Lipinski definition) is 0. The van der Waals surface area contributed by atoms with E-state index < -0.39 is 0 Å². The number of para-hydroxylation sites is 4. The van der Waals surface area contributed by atoms with Crippen molar-refractivity contribution in [3.8, 4) is 0 Å². The largest absolute Gasteiger partial charge is 0.335 e. The van der Waals surface area contributed by atoms with E-state index in [1.54, 1.807) is 0 Å². The maximum absolute atomic E-state index is 2.61. The first kappa shape index (κ1) is 16.3. The van der Waals surface area contributed by atoms with Gasteiger partial charge in [-0.15, -0.1) is 0 Å². The molecule has 0 saturated heterocycles. The number of fused-ring (bicyclic) bond motifs is 6. The fourth-order valence-electron chi connectivity index (χ4n) is 5.69. The zero-order chi connectivity index (χ0) is 19.7. The molecular weight excluding hydrogens is 364 g/mol. The molecule has 0 spiro atoms. The van der Waals surface area contributed by atoms with Crippen LogP contribution in [0.2, 0.25) is 0 Å². The van der Waals surface area contributed by atoms with Gasteiger partial charge in [-0.3, -0.25) is 0 Å². The molecule has 2 aromatic heterocycles. The van der Waals surface area contributed by atoms with Crippen LogP contribution < -0.4 is 0 Å². The number of nitrogens with zero attached hydrogens (tertiary/aromatic N) is 2. The molecule has 30 heavy (non-hydrogen) atoms. The van der Waals surface area contributed by atoms with E-state index in [1.165, 1.54) is 56.5 Å². The topological polar surface area (TPSA) is 9.86 Å². The molecule has 2 nitrogen and oxygen atoms in total. The van der Waals surface area contributed by atoms with Crippen molar-refractivity contribution in [2.75, 3.05) is 0 Å². The highest BCUT2D eigenvalue weighted by Crippen LogP contribution is 2.49. The highest BCUT2D eigenvalue weighted by Gasteiger charge is 2.37. The van der Waals surface area contributed by atoms with E-state index in [2.05, 4.69) is 106 Å². The monoisotopic (exact) mass is 386 g/mol. The normalized spacial score (nSPS) is 19.1. The second-order valence-electron chi connectivity index (χ2n) is 8.52. The molecule has 1 saturated carbocycles. The van der Waals surface area contributed by atoms with E-state index in [-0.39, 0.29) is 0 Å². The van der Waals surface area contributed by atoms with Crippen LogP contribution in [-0.4, -0.2) is 9.13 Å². The molecule has 0 amide bonds. The van der Waals surface area contributed by atoms with Crippen LogP contribution in [-0.2, 0) is 0 Å². The van der Waals surface area contributed by atoms with E-state index in [0.29, 0.717) is 12.1 Å². The lowest BCUT2D eigenvalue weighted by Gasteiger charge is -2.40. The van der Waals surface area contributed by atoms with Crippen LogP contribution >= 0.6 is 0 Å². The average molecular weight is 386 g/mol. The number of hydrogen-bond donors (Lipinski definition) is 0. The molecular formula is C28H22N2. The molecule has 4 aromatic carbocycles. The van der Waals surface area contributed by atoms with Crippen molar-refractivity contribution < 1.29 is 0 Å². The lowest BCUT2D eigenvalue weighted by molar-refractivity contribution is 0.205. The van der Waals surface area contributed by atoms with Gasteiger partial charge < -0.3 is 9.13 Å². The highest BCUT2D eigenvalue weighted by molar-refractivity contribution is 6.09. The summed E-state index contributed by atoms with van der Waals surface area (Å²) in [5.74, 6) is 0. The molecule has 2 heterocycles. The first-order valence-corrected chi connectivity index (χ1v) is 10.9. The molecule has 0 aliphatic heterocycles. The van der Waals surface area contributed by atoms with Crippen LogP contribution in [0.15, 0.2) is 97.1 Å². The standard InChI is InChI=1S/C28H22N2/c1-5-13-23-19(9-1)20-10-2-6-14-24(20)29(23)27-17-18-28(27)30-25-15-7-3-11-21(25)22-12-4-8-16-26(22)30/h1-16,27-28H,17-18H2. The Morgan fingerprint density at radius 2 is 0.667 bits per heavy atom. The fourth-order valence-corrected chi connectivity index (χ4v) is 5.69. The van der Waals surface area contributed by atoms with Crippen LogP contribution in [0, 0.1) is 0 Å². The van der Waals surface area contributed by atoms with Crippen LogP contribution in [0.25, 0.3) is 43.6 Å². The Hall–Kier alpha value is -3.52. The number of rotatable bonds is 2. The summed E-state index contributed by atoms with van der Waals surface area (Å²) in [6.45, 7) is 0. The maximum Gasteiger partial charge on any atom is 0.0551 e. The van der Waals surface area contributed by atoms with Gasteiger partial charge in [0, 0.05) is 43.6 Å². The minimum Gasteiger partial charge on any atom is -0.335 e. The van der Waals surface area contributed by atoms with E-state index in [0.717, 1.165) is 0 Å². The van der Waals surface area contributed by atoms with Gasteiger partial charge in [-0.1, -0.05) is 72.8 Å². The van der Waals surface area contributed by atoms with Crippen LogP contribution in [0.3, 0.4) is 0 Å². The predicted molar refractivity (Wildman–Crippen MR) is 126 cm³/mol. The quantitative estimate of drug-likeness (QED) is 0.292. The Bertz CT molecular complexity index is 1340. The third-order valence-electron chi connectivity index (χ3n) is 7.10. The van der Waals surface area contributed by atoms with Gasteiger partial charge in [-0.25, -0.2) is 0 Å². The molecule has 6 aromatic rings. The molecule has 0 N–H and O–H groups in total. The average Bonchev–Trinajstić information content (AvgIpc) is 3.28. The van der Waals surface area contributed by atoms with E-state index in [1.807, 2.05) is 0 Å². The smallest absolute Gasteiger partial charge is 0.0551 e. The molecule has 1 fully saturated rings. The van der Waals surface area contributed by atoms with E-state index in [4.69, 9.17) is 0 Å².